The zero-order valence-electron chi connectivity index (χ0n) is 11.0. The van der Waals surface area contributed by atoms with Crippen LogP contribution in [0.25, 0.3) is 0 Å². The van der Waals surface area contributed by atoms with Crippen LogP contribution in [-0.2, 0) is 6.42 Å². The first kappa shape index (κ1) is 14.9. The monoisotopic (exact) mass is 298 g/mol. The van der Waals surface area contributed by atoms with Gasteiger partial charge in [-0.25, -0.2) is 0 Å². The second kappa shape index (κ2) is 7.30. The Balaban J connectivity index is 2.02. The zero-order chi connectivity index (χ0) is 13.7. The highest BCUT2D eigenvalue weighted by atomic mass is 35.5. The molecule has 0 fully saturated rings. The zero-order valence-corrected chi connectivity index (χ0v) is 12.5. The summed E-state index contributed by atoms with van der Waals surface area (Å²) in [6, 6.07) is 5.95. The number of hydrogen-bond donors (Lipinski definition) is 2. The van der Waals surface area contributed by atoms with Gasteiger partial charge in [-0.3, -0.25) is 11.3 Å². The first-order valence-electron chi connectivity index (χ1n) is 6.77. The van der Waals surface area contributed by atoms with Crippen molar-refractivity contribution in [2.24, 2.45) is 5.84 Å². The Morgan fingerprint density at radius 3 is 2.74 bits per heavy atom. The van der Waals surface area contributed by atoms with Crippen molar-refractivity contribution in [1.29, 1.82) is 0 Å². The summed E-state index contributed by atoms with van der Waals surface area (Å²) in [5.41, 5.74) is 5.46. The lowest BCUT2D eigenvalue weighted by molar-refractivity contribution is 0.505. The van der Waals surface area contributed by atoms with E-state index in [2.05, 4.69) is 11.5 Å². The third-order valence-electron chi connectivity index (χ3n) is 3.63. The van der Waals surface area contributed by atoms with Crippen LogP contribution in [0.1, 0.15) is 37.7 Å². The molecule has 1 atom stereocenters. The molecular formula is C15H20Cl2N2. The minimum absolute atomic E-state index is 0.209. The summed E-state index contributed by atoms with van der Waals surface area (Å²) in [5.74, 6) is 5.67. The number of hydrogen-bond acceptors (Lipinski definition) is 2. The van der Waals surface area contributed by atoms with Crippen LogP contribution in [0.4, 0.5) is 0 Å². The highest BCUT2D eigenvalue weighted by Gasteiger charge is 2.14. The van der Waals surface area contributed by atoms with E-state index in [-0.39, 0.29) is 6.04 Å². The Morgan fingerprint density at radius 1 is 1.21 bits per heavy atom. The minimum atomic E-state index is 0.209. The molecule has 0 aliphatic heterocycles. The number of rotatable bonds is 5. The van der Waals surface area contributed by atoms with Gasteiger partial charge in [0.25, 0.3) is 0 Å². The van der Waals surface area contributed by atoms with Gasteiger partial charge in [-0.1, -0.05) is 47.0 Å². The summed E-state index contributed by atoms with van der Waals surface area (Å²) in [5, 5.41) is 1.24. The van der Waals surface area contributed by atoms with Crippen molar-refractivity contribution in [3.63, 3.8) is 0 Å². The largest absolute Gasteiger partial charge is 0.271 e. The van der Waals surface area contributed by atoms with Crippen LogP contribution >= 0.6 is 23.2 Å². The van der Waals surface area contributed by atoms with Gasteiger partial charge in [0.1, 0.15) is 0 Å². The fourth-order valence-electron chi connectivity index (χ4n) is 2.57. The van der Waals surface area contributed by atoms with E-state index in [1.807, 2.05) is 18.2 Å². The van der Waals surface area contributed by atoms with Gasteiger partial charge >= 0.3 is 0 Å². The molecule has 0 saturated heterocycles. The van der Waals surface area contributed by atoms with E-state index in [1.54, 1.807) is 0 Å². The Hall–Kier alpha value is -0.540. The highest BCUT2D eigenvalue weighted by molar-refractivity contribution is 6.42. The maximum absolute atomic E-state index is 6.22. The standard InChI is InChI=1S/C15H20Cl2N2/c16-14-8-4-7-12(15(14)17)10-13(19-18)9-11-5-2-1-3-6-11/h4-5,7-8,13,19H,1-3,6,9-10,18H2. The molecular weight excluding hydrogens is 279 g/mol. The van der Waals surface area contributed by atoms with Gasteiger partial charge in [0, 0.05) is 6.04 Å². The number of allylic oxidation sites excluding steroid dienone is 1. The lowest BCUT2D eigenvalue weighted by atomic mass is 9.92. The van der Waals surface area contributed by atoms with Gasteiger partial charge in [-0.05, 0) is 50.2 Å². The smallest absolute Gasteiger partial charge is 0.0624 e. The quantitative estimate of drug-likeness (QED) is 0.484. The summed E-state index contributed by atoms with van der Waals surface area (Å²) >= 11 is 12.3. The van der Waals surface area contributed by atoms with E-state index in [0.717, 1.165) is 18.4 Å². The predicted octanol–water partition coefficient (Wildman–Crippen LogP) is 4.26. The van der Waals surface area contributed by atoms with Crippen molar-refractivity contribution >= 4 is 23.2 Å². The summed E-state index contributed by atoms with van der Waals surface area (Å²) in [6.45, 7) is 0. The van der Waals surface area contributed by atoms with Crippen molar-refractivity contribution in [1.82, 2.24) is 5.43 Å². The summed E-state index contributed by atoms with van der Waals surface area (Å²) in [7, 11) is 0. The van der Waals surface area contributed by atoms with Crippen molar-refractivity contribution < 1.29 is 0 Å². The Morgan fingerprint density at radius 2 is 2.05 bits per heavy atom. The predicted molar refractivity (Wildman–Crippen MR) is 82.4 cm³/mol. The maximum Gasteiger partial charge on any atom is 0.0624 e. The topological polar surface area (TPSA) is 38.0 Å². The number of nitrogens with one attached hydrogen (secondary N) is 1. The van der Waals surface area contributed by atoms with Gasteiger partial charge in [0.05, 0.1) is 10.0 Å². The molecule has 1 aliphatic carbocycles. The van der Waals surface area contributed by atoms with Gasteiger partial charge < -0.3 is 0 Å². The number of nitrogens with two attached hydrogens (primary N) is 1. The SMILES string of the molecule is NNC(CC1=CCCCC1)Cc1cccc(Cl)c1Cl. The van der Waals surface area contributed by atoms with E-state index in [9.17, 15) is 0 Å². The molecule has 0 heterocycles. The second-order valence-electron chi connectivity index (χ2n) is 5.09. The molecule has 4 heteroatoms. The van der Waals surface area contributed by atoms with Gasteiger partial charge in [0.2, 0.25) is 0 Å². The van der Waals surface area contributed by atoms with Gasteiger partial charge in [-0.2, -0.15) is 0 Å². The second-order valence-corrected chi connectivity index (χ2v) is 5.88. The van der Waals surface area contributed by atoms with Crippen molar-refractivity contribution in [3.8, 4) is 0 Å². The lowest BCUT2D eigenvalue weighted by Gasteiger charge is -2.20. The fraction of sp³-hybridized carbons (Fsp3) is 0.467. The van der Waals surface area contributed by atoms with Crippen molar-refractivity contribution in [3.05, 3.63) is 45.5 Å². The lowest BCUT2D eigenvalue weighted by Crippen LogP contribution is -2.37. The first-order chi connectivity index (χ1) is 9.20. The fourth-order valence-corrected chi connectivity index (χ4v) is 2.97. The van der Waals surface area contributed by atoms with Crippen LogP contribution < -0.4 is 11.3 Å². The molecule has 0 spiro atoms. The molecule has 1 aliphatic rings. The van der Waals surface area contributed by atoms with Crippen molar-refractivity contribution in [2.45, 2.75) is 44.6 Å². The molecule has 0 radical (unpaired) electrons. The molecule has 104 valence electrons. The third kappa shape index (κ3) is 4.22. The number of hydrazine groups is 1. The van der Waals surface area contributed by atoms with E-state index >= 15 is 0 Å². The summed E-state index contributed by atoms with van der Waals surface area (Å²) in [6.07, 6.45) is 9.14. The van der Waals surface area contributed by atoms with Crippen LogP contribution in [0.2, 0.25) is 10.0 Å². The van der Waals surface area contributed by atoms with Crippen LogP contribution in [0, 0.1) is 0 Å². The Labute approximate surface area is 124 Å². The van der Waals surface area contributed by atoms with Crippen LogP contribution in [0.5, 0.6) is 0 Å². The molecule has 3 N–H and O–H groups in total. The maximum atomic E-state index is 6.22. The molecule has 1 aromatic rings. The number of halogens is 2. The summed E-state index contributed by atoms with van der Waals surface area (Å²) < 4.78 is 0. The van der Waals surface area contributed by atoms with Gasteiger partial charge in [0.15, 0.2) is 0 Å². The van der Waals surface area contributed by atoms with Crippen LogP contribution in [0.15, 0.2) is 29.8 Å². The molecule has 2 rings (SSSR count). The average Bonchev–Trinajstić information content (AvgIpc) is 2.44. The van der Waals surface area contributed by atoms with Crippen molar-refractivity contribution in [2.75, 3.05) is 0 Å². The first-order valence-corrected chi connectivity index (χ1v) is 7.53. The molecule has 0 bridgehead atoms. The molecule has 1 aromatic carbocycles. The molecule has 0 amide bonds. The Kier molecular flexibility index (Phi) is 5.71. The van der Waals surface area contributed by atoms with E-state index in [0.29, 0.717) is 10.0 Å². The van der Waals surface area contributed by atoms with E-state index in [1.165, 1.54) is 31.3 Å². The third-order valence-corrected chi connectivity index (χ3v) is 4.49. The molecule has 2 nitrogen and oxygen atoms in total. The molecule has 19 heavy (non-hydrogen) atoms. The van der Waals surface area contributed by atoms with Crippen LogP contribution in [-0.4, -0.2) is 6.04 Å². The van der Waals surface area contributed by atoms with Crippen LogP contribution in [0.3, 0.4) is 0 Å². The molecule has 0 aromatic heterocycles. The molecule has 0 saturated carbocycles. The summed E-state index contributed by atoms with van der Waals surface area (Å²) in [4.78, 5) is 0. The average molecular weight is 299 g/mol. The molecule has 1 unspecified atom stereocenters. The van der Waals surface area contributed by atoms with E-state index < -0.39 is 0 Å². The van der Waals surface area contributed by atoms with E-state index in [4.69, 9.17) is 29.0 Å². The number of benzene rings is 1. The highest BCUT2D eigenvalue weighted by Crippen LogP contribution is 2.28. The Bertz CT molecular complexity index is 457. The minimum Gasteiger partial charge on any atom is -0.271 e. The normalized spacial score (nSPS) is 17.1. The van der Waals surface area contributed by atoms with Gasteiger partial charge in [-0.15, -0.1) is 0 Å².